The summed E-state index contributed by atoms with van der Waals surface area (Å²) in [6.45, 7) is 2.04. The minimum absolute atomic E-state index is 0.195. The Bertz CT molecular complexity index is 912. The van der Waals surface area contributed by atoms with Crippen molar-refractivity contribution in [1.29, 1.82) is 0 Å². The van der Waals surface area contributed by atoms with Crippen molar-refractivity contribution in [2.24, 2.45) is 0 Å². The number of anilines is 1. The number of allylic oxidation sites excluding steroid dienone is 1. The molecule has 0 radical (unpaired) electrons. The number of carbonyl (C=O) groups excluding carboxylic acids is 1. The molecule has 7 heteroatoms. The molecule has 4 rings (SSSR count). The van der Waals surface area contributed by atoms with Gasteiger partial charge in [-0.25, -0.2) is 0 Å². The molecule has 2 aliphatic rings. The molecule has 0 bridgehead atoms. The molecule has 1 amide bonds. The Morgan fingerprint density at radius 2 is 1.92 bits per heavy atom. The van der Waals surface area contributed by atoms with Crippen molar-refractivity contribution >= 4 is 28.9 Å². The summed E-state index contributed by atoms with van der Waals surface area (Å²) >= 11 is 5.28. The van der Waals surface area contributed by atoms with Gasteiger partial charge in [-0.1, -0.05) is 24.3 Å². The SMILES string of the molecule is CC1=C(C(=O)Nc2ccccc2)[C@@H](c2ccc3c(c2)OCO3)NC(=S)N1. The Hall–Kier alpha value is -3.06. The van der Waals surface area contributed by atoms with E-state index in [1.54, 1.807) is 0 Å². The first-order valence-corrected chi connectivity index (χ1v) is 8.57. The fourth-order valence-corrected chi connectivity index (χ4v) is 3.33. The first-order valence-electron chi connectivity index (χ1n) is 8.16. The largest absolute Gasteiger partial charge is 0.454 e. The molecule has 2 aromatic carbocycles. The van der Waals surface area contributed by atoms with Gasteiger partial charge in [0.2, 0.25) is 6.79 Å². The number of hydrogen-bond acceptors (Lipinski definition) is 4. The first kappa shape index (κ1) is 16.4. The molecule has 3 N–H and O–H groups in total. The Balaban J connectivity index is 1.68. The zero-order valence-electron chi connectivity index (χ0n) is 14.0. The van der Waals surface area contributed by atoms with Crippen LogP contribution in [0.4, 0.5) is 5.69 Å². The van der Waals surface area contributed by atoms with E-state index in [1.165, 1.54) is 0 Å². The maximum Gasteiger partial charge on any atom is 0.255 e. The third-order valence-electron chi connectivity index (χ3n) is 4.28. The lowest BCUT2D eigenvalue weighted by atomic mass is 9.94. The van der Waals surface area contributed by atoms with E-state index in [0.29, 0.717) is 27.9 Å². The van der Waals surface area contributed by atoms with Crippen LogP contribution in [0.2, 0.25) is 0 Å². The van der Waals surface area contributed by atoms with Crippen molar-refractivity contribution in [3.63, 3.8) is 0 Å². The maximum atomic E-state index is 13.0. The average molecular weight is 367 g/mol. The van der Waals surface area contributed by atoms with Gasteiger partial charge in [-0.05, 0) is 49.0 Å². The molecule has 0 spiro atoms. The first-order chi connectivity index (χ1) is 12.6. The van der Waals surface area contributed by atoms with Crippen molar-refractivity contribution in [2.45, 2.75) is 13.0 Å². The summed E-state index contributed by atoms with van der Waals surface area (Å²) in [6.07, 6.45) is 0. The average Bonchev–Trinajstić information content (AvgIpc) is 3.09. The van der Waals surface area contributed by atoms with Crippen molar-refractivity contribution in [3.05, 3.63) is 65.4 Å². The highest BCUT2D eigenvalue weighted by atomic mass is 32.1. The molecule has 2 aromatic rings. The molecule has 0 saturated heterocycles. The summed E-state index contributed by atoms with van der Waals surface area (Å²) in [5.41, 5.74) is 2.89. The van der Waals surface area contributed by atoms with E-state index >= 15 is 0 Å². The predicted octanol–water partition coefficient (Wildman–Crippen LogP) is 2.85. The molecule has 1 atom stereocenters. The number of thiocarbonyl (C=S) groups is 1. The van der Waals surface area contributed by atoms with Crippen molar-refractivity contribution in [2.75, 3.05) is 12.1 Å². The van der Waals surface area contributed by atoms with Crippen LogP contribution in [0.1, 0.15) is 18.5 Å². The third-order valence-corrected chi connectivity index (χ3v) is 4.50. The monoisotopic (exact) mass is 367 g/mol. The Morgan fingerprint density at radius 3 is 2.73 bits per heavy atom. The van der Waals surface area contributed by atoms with Crippen LogP contribution in [0.5, 0.6) is 11.5 Å². The summed E-state index contributed by atoms with van der Waals surface area (Å²) in [7, 11) is 0. The van der Waals surface area contributed by atoms with Crippen LogP contribution in [0, 0.1) is 0 Å². The van der Waals surface area contributed by atoms with Crippen LogP contribution >= 0.6 is 12.2 Å². The molecular weight excluding hydrogens is 350 g/mol. The second-order valence-corrected chi connectivity index (χ2v) is 6.41. The van der Waals surface area contributed by atoms with Crippen LogP contribution < -0.4 is 25.4 Å². The molecule has 0 aromatic heterocycles. The summed E-state index contributed by atoms with van der Waals surface area (Å²) in [6, 6.07) is 14.6. The number of nitrogens with one attached hydrogen (secondary N) is 3. The van der Waals surface area contributed by atoms with E-state index in [0.717, 1.165) is 11.3 Å². The summed E-state index contributed by atoms with van der Waals surface area (Å²) < 4.78 is 10.8. The van der Waals surface area contributed by atoms with E-state index in [1.807, 2.05) is 55.5 Å². The van der Waals surface area contributed by atoms with Gasteiger partial charge in [0, 0.05) is 11.4 Å². The number of rotatable bonds is 3. The Morgan fingerprint density at radius 1 is 1.15 bits per heavy atom. The fraction of sp³-hybridized carbons (Fsp3) is 0.158. The summed E-state index contributed by atoms with van der Waals surface area (Å²) in [4.78, 5) is 13.0. The van der Waals surface area contributed by atoms with E-state index in [-0.39, 0.29) is 18.7 Å². The quantitative estimate of drug-likeness (QED) is 0.725. The second-order valence-electron chi connectivity index (χ2n) is 6.00. The van der Waals surface area contributed by atoms with Gasteiger partial charge in [0.1, 0.15) is 0 Å². The number of para-hydroxylation sites is 1. The normalized spacial score (nSPS) is 18.2. The summed E-state index contributed by atoms with van der Waals surface area (Å²) in [5.74, 6) is 1.16. The molecule has 0 saturated carbocycles. The van der Waals surface area contributed by atoms with E-state index in [9.17, 15) is 4.79 Å². The number of ether oxygens (including phenoxy) is 2. The van der Waals surface area contributed by atoms with Crippen molar-refractivity contribution in [1.82, 2.24) is 10.6 Å². The van der Waals surface area contributed by atoms with Crippen LogP contribution in [-0.2, 0) is 4.79 Å². The number of carbonyl (C=O) groups is 1. The molecule has 26 heavy (non-hydrogen) atoms. The van der Waals surface area contributed by atoms with Gasteiger partial charge in [-0.2, -0.15) is 0 Å². The molecule has 132 valence electrons. The highest BCUT2D eigenvalue weighted by Gasteiger charge is 2.31. The fourth-order valence-electron chi connectivity index (χ4n) is 3.06. The second kappa shape index (κ2) is 6.68. The van der Waals surface area contributed by atoms with Crippen LogP contribution in [0.15, 0.2) is 59.8 Å². The molecule has 0 fully saturated rings. The maximum absolute atomic E-state index is 13.0. The van der Waals surface area contributed by atoms with E-state index < -0.39 is 0 Å². The highest BCUT2D eigenvalue weighted by Crippen LogP contribution is 2.37. The van der Waals surface area contributed by atoms with Gasteiger partial charge in [-0.15, -0.1) is 0 Å². The third kappa shape index (κ3) is 3.09. The standard InChI is InChI=1S/C19H17N3O3S/c1-11-16(18(23)21-13-5-3-2-4-6-13)17(22-19(26)20-11)12-7-8-14-15(9-12)25-10-24-14/h2-9,17H,10H2,1H3,(H,21,23)(H2,20,22,26)/t17-/m1/s1. The van der Waals surface area contributed by atoms with E-state index in [2.05, 4.69) is 16.0 Å². The number of benzene rings is 2. The lowest BCUT2D eigenvalue weighted by Crippen LogP contribution is -2.45. The van der Waals surface area contributed by atoms with Crippen molar-refractivity contribution < 1.29 is 14.3 Å². The summed E-state index contributed by atoms with van der Waals surface area (Å²) in [5, 5.41) is 9.61. The van der Waals surface area contributed by atoms with Crippen LogP contribution in [0.25, 0.3) is 0 Å². The van der Waals surface area contributed by atoms with Crippen LogP contribution in [0.3, 0.4) is 0 Å². The van der Waals surface area contributed by atoms with Crippen molar-refractivity contribution in [3.8, 4) is 11.5 Å². The van der Waals surface area contributed by atoms with Gasteiger partial charge in [-0.3, -0.25) is 4.79 Å². The molecule has 0 unspecified atom stereocenters. The lowest BCUT2D eigenvalue weighted by Gasteiger charge is -2.30. The highest BCUT2D eigenvalue weighted by molar-refractivity contribution is 7.80. The minimum atomic E-state index is -0.387. The smallest absolute Gasteiger partial charge is 0.255 e. The number of fused-ring (bicyclic) bond motifs is 1. The molecule has 2 aliphatic heterocycles. The molecule has 0 aliphatic carbocycles. The number of hydrogen-bond donors (Lipinski definition) is 3. The predicted molar refractivity (Wildman–Crippen MR) is 102 cm³/mol. The van der Waals surface area contributed by atoms with Gasteiger partial charge in [0.15, 0.2) is 16.6 Å². The molecule has 6 nitrogen and oxygen atoms in total. The van der Waals surface area contributed by atoms with Crippen LogP contribution in [-0.4, -0.2) is 17.8 Å². The molecular formula is C19H17N3O3S. The van der Waals surface area contributed by atoms with Gasteiger partial charge < -0.3 is 25.4 Å². The molecule has 2 heterocycles. The lowest BCUT2D eigenvalue weighted by molar-refractivity contribution is -0.113. The Labute approximate surface area is 156 Å². The van der Waals surface area contributed by atoms with Gasteiger partial charge >= 0.3 is 0 Å². The number of amides is 1. The minimum Gasteiger partial charge on any atom is -0.454 e. The van der Waals surface area contributed by atoms with Gasteiger partial charge in [0.05, 0.1) is 11.6 Å². The van der Waals surface area contributed by atoms with E-state index in [4.69, 9.17) is 21.7 Å². The zero-order chi connectivity index (χ0) is 18.1. The topological polar surface area (TPSA) is 71.6 Å². The Kier molecular flexibility index (Phi) is 4.22. The zero-order valence-corrected chi connectivity index (χ0v) is 14.9. The van der Waals surface area contributed by atoms with Gasteiger partial charge in [0.25, 0.3) is 5.91 Å².